The van der Waals surface area contributed by atoms with Crippen molar-refractivity contribution in [2.45, 2.75) is 19.9 Å². The number of halogens is 1. The molecule has 0 aliphatic rings. The third-order valence-electron chi connectivity index (χ3n) is 2.76. The standard InChI is InChI=1S/C13H16ClN3O/c1-3-12-9(8-17(2)16-12)7-15-10-4-5-13(18)11(14)6-10/h4-6,8,15,18H,3,7H2,1-2H3. The maximum absolute atomic E-state index is 9.34. The van der Waals surface area contributed by atoms with Crippen LogP contribution >= 0.6 is 11.6 Å². The number of hydrogen-bond acceptors (Lipinski definition) is 3. The third kappa shape index (κ3) is 2.76. The average molecular weight is 266 g/mol. The molecule has 0 amide bonds. The van der Waals surface area contributed by atoms with Gasteiger partial charge in [0.15, 0.2) is 0 Å². The Morgan fingerprint density at radius 2 is 2.22 bits per heavy atom. The number of phenols is 1. The molecule has 0 radical (unpaired) electrons. The van der Waals surface area contributed by atoms with Crippen molar-refractivity contribution < 1.29 is 5.11 Å². The molecule has 5 heteroatoms. The van der Waals surface area contributed by atoms with Gasteiger partial charge in [-0.15, -0.1) is 0 Å². The molecule has 1 aromatic heterocycles. The van der Waals surface area contributed by atoms with E-state index in [1.165, 1.54) is 5.56 Å². The van der Waals surface area contributed by atoms with Gasteiger partial charge in [-0.05, 0) is 24.6 Å². The molecule has 0 bridgehead atoms. The Morgan fingerprint density at radius 3 is 2.89 bits per heavy atom. The first-order valence-electron chi connectivity index (χ1n) is 5.84. The highest BCUT2D eigenvalue weighted by Crippen LogP contribution is 2.26. The second-order valence-corrected chi connectivity index (χ2v) is 4.56. The number of rotatable bonds is 4. The van der Waals surface area contributed by atoms with E-state index in [0.717, 1.165) is 17.8 Å². The summed E-state index contributed by atoms with van der Waals surface area (Å²) in [5.74, 6) is 0.0952. The van der Waals surface area contributed by atoms with Crippen molar-refractivity contribution in [1.29, 1.82) is 0 Å². The van der Waals surface area contributed by atoms with Crippen LogP contribution in [0, 0.1) is 0 Å². The van der Waals surface area contributed by atoms with E-state index in [-0.39, 0.29) is 5.75 Å². The molecule has 0 atom stereocenters. The van der Waals surface area contributed by atoms with Crippen LogP contribution < -0.4 is 5.32 Å². The molecule has 1 aromatic carbocycles. The zero-order valence-corrected chi connectivity index (χ0v) is 11.2. The zero-order valence-electron chi connectivity index (χ0n) is 10.4. The number of benzene rings is 1. The first-order chi connectivity index (χ1) is 8.60. The number of aromatic hydroxyl groups is 1. The van der Waals surface area contributed by atoms with Crippen LogP contribution in [-0.2, 0) is 20.0 Å². The van der Waals surface area contributed by atoms with Crippen molar-refractivity contribution in [3.05, 3.63) is 40.7 Å². The van der Waals surface area contributed by atoms with Gasteiger partial charge < -0.3 is 10.4 Å². The molecule has 2 N–H and O–H groups in total. The minimum absolute atomic E-state index is 0.0952. The molecule has 0 saturated heterocycles. The maximum atomic E-state index is 9.34. The lowest BCUT2D eigenvalue weighted by atomic mass is 10.2. The van der Waals surface area contributed by atoms with Crippen LogP contribution in [0.25, 0.3) is 0 Å². The Kier molecular flexibility index (Phi) is 3.77. The molecule has 1 heterocycles. The van der Waals surface area contributed by atoms with E-state index < -0.39 is 0 Å². The monoisotopic (exact) mass is 265 g/mol. The highest BCUT2D eigenvalue weighted by atomic mass is 35.5. The molecule has 0 aliphatic heterocycles. The van der Waals surface area contributed by atoms with Crippen LogP contribution in [0.4, 0.5) is 5.69 Å². The molecule has 2 rings (SSSR count). The minimum Gasteiger partial charge on any atom is -0.506 e. The summed E-state index contributed by atoms with van der Waals surface area (Å²) in [6.45, 7) is 2.78. The number of phenolic OH excluding ortho intramolecular Hbond substituents is 1. The number of anilines is 1. The van der Waals surface area contributed by atoms with Crippen LogP contribution in [0.3, 0.4) is 0 Å². The molecule has 96 valence electrons. The largest absolute Gasteiger partial charge is 0.506 e. The predicted molar refractivity (Wildman–Crippen MR) is 73.0 cm³/mol. The van der Waals surface area contributed by atoms with E-state index in [0.29, 0.717) is 11.6 Å². The van der Waals surface area contributed by atoms with Crippen molar-refractivity contribution >= 4 is 17.3 Å². The number of aromatic nitrogens is 2. The first-order valence-corrected chi connectivity index (χ1v) is 6.21. The molecule has 4 nitrogen and oxygen atoms in total. The van der Waals surface area contributed by atoms with Gasteiger partial charge in [0.05, 0.1) is 10.7 Å². The molecule has 2 aromatic rings. The van der Waals surface area contributed by atoms with Gasteiger partial charge in [0.1, 0.15) is 5.75 Å². The Hall–Kier alpha value is -1.68. The molecule has 0 unspecified atom stereocenters. The van der Waals surface area contributed by atoms with Gasteiger partial charge in [-0.2, -0.15) is 5.10 Å². The van der Waals surface area contributed by atoms with E-state index >= 15 is 0 Å². The fourth-order valence-electron chi connectivity index (χ4n) is 1.84. The predicted octanol–water partition coefficient (Wildman–Crippen LogP) is 2.95. The molecule has 0 fully saturated rings. The van der Waals surface area contributed by atoms with Crippen molar-refractivity contribution in [3.63, 3.8) is 0 Å². The first kappa shape index (κ1) is 12.8. The topological polar surface area (TPSA) is 50.1 Å². The van der Waals surface area contributed by atoms with Gasteiger partial charge in [0.2, 0.25) is 0 Å². The van der Waals surface area contributed by atoms with Gasteiger partial charge in [-0.3, -0.25) is 4.68 Å². The van der Waals surface area contributed by atoms with Gasteiger partial charge in [-0.25, -0.2) is 0 Å². The van der Waals surface area contributed by atoms with Crippen molar-refractivity contribution in [1.82, 2.24) is 9.78 Å². The van der Waals surface area contributed by atoms with E-state index in [1.807, 2.05) is 17.9 Å². The highest BCUT2D eigenvalue weighted by Gasteiger charge is 2.06. The summed E-state index contributed by atoms with van der Waals surface area (Å²) in [5.41, 5.74) is 3.14. The smallest absolute Gasteiger partial charge is 0.134 e. The molecular weight excluding hydrogens is 250 g/mol. The fraction of sp³-hybridized carbons (Fsp3) is 0.308. The second kappa shape index (κ2) is 5.31. The fourth-order valence-corrected chi connectivity index (χ4v) is 2.02. The van der Waals surface area contributed by atoms with Crippen molar-refractivity contribution in [2.75, 3.05) is 5.32 Å². The summed E-state index contributed by atoms with van der Waals surface area (Å²) in [6.07, 6.45) is 2.92. The maximum Gasteiger partial charge on any atom is 0.134 e. The second-order valence-electron chi connectivity index (χ2n) is 4.15. The van der Waals surface area contributed by atoms with Gasteiger partial charge in [-0.1, -0.05) is 18.5 Å². The quantitative estimate of drug-likeness (QED) is 0.836. The summed E-state index contributed by atoms with van der Waals surface area (Å²) in [7, 11) is 1.92. The summed E-state index contributed by atoms with van der Waals surface area (Å²) in [6, 6.07) is 5.08. The number of aryl methyl sites for hydroxylation is 2. The van der Waals surface area contributed by atoms with Crippen LogP contribution in [0.15, 0.2) is 24.4 Å². The molecule has 0 aliphatic carbocycles. The summed E-state index contributed by atoms with van der Waals surface area (Å²) >= 11 is 5.85. The van der Waals surface area contributed by atoms with Crippen LogP contribution in [0.1, 0.15) is 18.2 Å². The van der Waals surface area contributed by atoms with Crippen molar-refractivity contribution in [3.8, 4) is 5.75 Å². The summed E-state index contributed by atoms with van der Waals surface area (Å²) in [4.78, 5) is 0. The van der Waals surface area contributed by atoms with E-state index in [1.54, 1.807) is 18.2 Å². The highest BCUT2D eigenvalue weighted by molar-refractivity contribution is 6.32. The van der Waals surface area contributed by atoms with E-state index in [4.69, 9.17) is 11.6 Å². The lowest BCUT2D eigenvalue weighted by molar-refractivity contribution is 0.475. The summed E-state index contributed by atoms with van der Waals surface area (Å²) < 4.78 is 1.82. The molecular formula is C13H16ClN3O. The average Bonchev–Trinajstić information content (AvgIpc) is 2.71. The lowest BCUT2D eigenvalue weighted by Gasteiger charge is -2.07. The third-order valence-corrected chi connectivity index (χ3v) is 3.06. The van der Waals surface area contributed by atoms with E-state index in [9.17, 15) is 5.11 Å². The normalized spacial score (nSPS) is 10.6. The van der Waals surface area contributed by atoms with Gasteiger partial charge in [0.25, 0.3) is 0 Å². The molecule has 0 spiro atoms. The van der Waals surface area contributed by atoms with E-state index in [2.05, 4.69) is 17.3 Å². The Balaban J connectivity index is 2.08. The molecule has 18 heavy (non-hydrogen) atoms. The Morgan fingerprint density at radius 1 is 1.44 bits per heavy atom. The Labute approximate surface area is 111 Å². The molecule has 0 saturated carbocycles. The summed E-state index contributed by atoms with van der Waals surface area (Å²) in [5, 5.41) is 17.3. The van der Waals surface area contributed by atoms with Gasteiger partial charge >= 0.3 is 0 Å². The number of nitrogens with zero attached hydrogens (tertiary/aromatic N) is 2. The Bertz CT molecular complexity index is 551. The SMILES string of the molecule is CCc1nn(C)cc1CNc1ccc(O)c(Cl)c1. The van der Waals surface area contributed by atoms with Crippen LogP contribution in [0.5, 0.6) is 5.75 Å². The zero-order chi connectivity index (χ0) is 13.1. The van der Waals surface area contributed by atoms with Crippen molar-refractivity contribution in [2.24, 2.45) is 7.05 Å². The van der Waals surface area contributed by atoms with Crippen LogP contribution in [0.2, 0.25) is 5.02 Å². The number of hydrogen-bond donors (Lipinski definition) is 2. The lowest BCUT2D eigenvalue weighted by Crippen LogP contribution is -2.00. The van der Waals surface area contributed by atoms with Gasteiger partial charge in [0, 0.05) is 31.0 Å². The van der Waals surface area contributed by atoms with Crippen LogP contribution in [-0.4, -0.2) is 14.9 Å². The number of nitrogens with one attached hydrogen (secondary N) is 1. The minimum atomic E-state index is 0.0952.